The van der Waals surface area contributed by atoms with Crippen LogP contribution in [0.1, 0.15) is 30.6 Å². The van der Waals surface area contributed by atoms with E-state index >= 15 is 0 Å². The highest BCUT2D eigenvalue weighted by Crippen LogP contribution is 2.38. The maximum Gasteiger partial charge on any atom is 0.168 e. The van der Waals surface area contributed by atoms with Gasteiger partial charge in [-0.25, -0.2) is 0 Å². The van der Waals surface area contributed by atoms with Crippen LogP contribution in [-0.4, -0.2) is 25.0 Å². The fraction of sp³-hybridized carbons (Fsp3) is 0.692. The van der Waals surface area contributed by atoms with Crippen molar-refractivity contribution in [1.82, 2.24) is 0 Å². The molecule has 0 aromatic carbocycles. The predicted octanol–water partition coefficient (Wildman–Crippen LogP) is 3.92. The van der Waals surface area contributed by atoms with Gasteiger partial charge in [-0.3, -0.25) is 0 Å². The van der Waals surface area contributed by atoms with Crippen LogP contribution in [0.2, 0.25) is 0 Å². The maximum atomic E-state index is 5.75. The molecule has 1 spiro atoms. The van der Waals surface area contributed by atoms with Gasteiger partial charge in [0.15, 0.2) is 5.79 Å². The molecule has 2 heterocycles. The summed E-state index contributed by atoms with van der Waals surface area (Å²) >= 11 is 5.32. The molecule has 0 atom stereocenters. The molecule has 5 heteroatoms. The van der Waals surface area contributed by atoms with E-state index in [1.54, 1.807) is 11.3 Å². The van der Waals surface area contributed by atoms with E-state index in [9.17, 15) is 0 Å². The van der Waals surface area contributed by atoms with Gasteiger partial charge in [-0.05, 0) is 41.8 Å². The third-order valence-electron chi connectivity index (χ3n) is 3.81. The van der Waals surface area contributed by atoms with Gasteiger partial charge in [0, 0.05) is 29.4 Å². The van der Waals surface area contributed by atoms with Gasteiger partial charge in [-0.15, -0.1) is 11.3 Å². The highest BCUT2D eigenvalue weighted by atomic mass is 79.9. The lowest BCUT2D eigenvalue weighted by Gasteiger charge is -2.35. The number of halogens is 1. The molecule has 2 fully saturated rings. The fourth-order valence-corrected chi connectivity index (χ4v) is 4.45. The standard InChI is InChI=1S/C13H18BrNO2S/c1-9-11(8-12(14)18-9)15-10-2-4-13(5-3-10)16-6-7-17-13/h8,10,15H,2-7H2,1H3. The zero-order valence-corrected chi connectivity index (χ0v) is 12.9. The summed E-state index contributed by atoms with van der Waals surface area (Å²) in [6.07, 6.45) is 4.25. The summed E-state index contributed by atoms with van der Waals surface area (Å²) in [7, 11) is 0. The average molecular weight is 332 g/mol. The monoisotopic (exact) mass is 331 g/mol. The smallest absolute Gasteiger partial charge is 0.168 e. The van der Waals surface area contributed by atoms with Gasteiger partial charge in [0.1, 0.15) is 0 Å². The normalized spacial score (nSPS) is 23.7. The Morgan fingerprint density at radius 3 is 2.56 bits per heavy atom. The summed E-state index contributed by atoms with van der Waals surface area (Å²) in [5.41, 5.74) is 1.26. The van der Waals surface area contributed by atoms with Crippen molar-refractivity contribution in [2.75, 3.05) is 18.5 Å². The van der Waals surface area contributed by atoms with E-state index in [0.29, 0.717) is 6.04 Å². The van der Waals surface area contributed by atoms with Gasteiger partial charge < -0.3 is 14.8 Å². The van der Waals surface area contributed by atoms with E-state index < -0.39 is 0 Å². The van der Waals surface area contributed by atoms with E-state index in [4.69, 9.17) is 9.47 Å². The fourth-order valence-electron chi connectivity index (χ4n) is 2.80. The molecule has 0 unspecified atom stereocenters. The van der Waals surface area contributed by atoms with Gasteiger partial charge in [0.2, 0.25) is 0 Å². The molecule has 18 heavy (non-hydrogen) atoms. The molecule has 1 aromatic rings. The number of nitrogens with one attached hydrogen (secondary N) is 1. The Morgan fingerprint density at radius 1 is 1.33 bits per heavy atom. The Balaban J connectivity index is 1.58. The van der Waals surface area contributed by atoms with E-state index in [2.05, 4.69) is 34.2 Å². The van der Waals surface area contributed by atoms with Crippen molar-refractivity contribution in [2.45, 2.75) is 44.4 Å². The number of hydrogen-bond donors (Lipinski definition) is 1. The van der Waals surface area contributed by atoms with E-state index in [1.165, 1.54) is 14.4 Å². The molecule has 0 amide bonds. The van der Waals surface area contributed by atoms with Crippen molar-refractivity contribution < 1.29 is 9.47 Å². The number of rotatable bonds is 2. The Labute approximate surface area is 120 Å². The summed E-state index contributed by atoms with van der Waals surface area (Å²) in [6.45, 7) is 3.68. The lowest BCUT2D eigenvalue weighted by Crippen LogP contribution is -2.39. The van der Waals surface area contributed by atoms with Crippen LogP contribution >= 0.6 is 27.3 Å². The summed E-state index contributed by atoms with van der Waals surface area (Å²) < 4.78 is 12.7. The molecule has 2 aliphatic rings. The van der Waals surface area contributed by atoms with E-state index in [0.717, 1.165) is 38.9 Å². The van der Waals surface area contributed by atoms with Crippen LogP contribution in [0.3, 0.4) is 0 Å². The lowest BCUT2D eigenvalue weighted by atomic mass is 9.90. The van der Waals surface area contributed by atoms with Gasteiger partial charge in [-0.1, -0.05) is 0 Å². The molecule has 1 aliphatic heterocycles. The number of aryl methyl sites for hydroxylation is 1. The largest absolute Gasteiger partial charge is 0.381 e. The molecule has 1 aliphatic carbocycles. The number of thiophene rings is 1. The van der Waals surface area contributed by atoms with Gasteiger partial charge >= 0.3 is 0 Å². The van der Waals surface area contributed by atoms with Crippen LogP contribution in [0.5, 0.6) is 0 Å². The number of anilines is 1. The van der Waals surface area contributed by atoms with Crippen molar-refractivity contribution in [2.24, 2.45) is 0 Å². The first-order valence-electron chi connectivity index (χ1n) is 6.47. The summed E-state index contributed by atoms with van der Waals surface area (Å²) in [4.78, 5) is 1.34. The van der Waals surface area contributed by atoms with Crippen molar-refractivity contribution in [1.29, 1.82) is 0 Å². The van der Waals surface area contributed by atoms with Crippen molar-refractivity contribution in [3.8, 4) is 0 Å². The summed E-state index contributed by atoms with van der Waals surface area (Å²) in [6, 6.07) is 2.72. The number of hydrogen-bond acceptors (Lipinski definition) is 4. The summed E-state index contributed by atoms with van der Waals surface area (Å²) in [5, 5.41) is 3.65. The summed E-state index contributed by atoms with van der Waals surface area (Å²) in [5.74, 6) is -0.248. The lowest BCUT2D eigenvalue weighted by molar-refractivity contribution is -0.177. The van der Waals surface area contributed by atoms with Crippen LogP contribution in [0.15, 0.2) is 9.85 Å². The second-order valence-corrected chi connectivity index (χ2v) is 7.68. The first-order chi connectivity index (χ1) is 8.67. The Kier molecular flexibility index (Phi) is 3.67. The second kappa shape index (κ2) is 5.12. The van der Waals surface area contributed by atoms with Crippen molar-refractivity contribution in [3.05, 3.63) is 14.7 Å². The first-order valence-corrected chi connectivity index (χ1v) is 8.08. The predicted molar refractivity (Wildman–Crippen MR) is 77.3 cm³/mol. The van der Waals surface area contributed by atoms with Crippen molar-refractivity contribution in [3.63, 3.8) is 0 Å². The third kappa shape index (κ3) is 2.59. The molecular formula is C13H18BrNO2S. The van der Waals surface area contributed by atoms with Crippen LogP contribution in [0, 0.1) is 6.92 Å². The topological polar surface area (TPSA) is 30.5 Å². The molecule has 1 N–H and O–H groups in total. The Morgan fingerprint density at radius 2 is 2.00 bits per heavy atom. The minimum absolute atomic E-state index is 0.248. The SMILES string of the molecule is Cc1sc(Br)cc1NC1CCC2(CC1)OCCO2. The van der Waals surface area contributed by atoms with Crippen LogP contribution < -0.4 is 5.32 Å². The number of ether oxygens (including phenoxy) is 2. The highest BCUT2D eigenvalue weighted by molar-refractivity contribution is 9.11. The van der Waals surface area contributed by atoms with Crippen LogP contribution in [0.4, 0.5) is 5.69 Å². The molecule has 3 rings (SSSR count). The molecule has 1 saturated carbocycles. The molecule has 1 aromatic heterocycles. The Bertz CT molecular complexity index is 419. The van der Waals surface area contributed by atoms with E-state index in [-0.39, 0.29) is 5.79 Å². The minimum Gasteiger partial charge on any atom is -0.381 e. The minimum atomic E-state index is -0.248. The average Bonchev–Trinajstić information content (AvgIpc) is 2.91. The third-order valence-corrected chi connectivity index (χ3v) is 5.36. The molecular weight excluding hydrogens is 314 g/mol. The van der Waals surface area contributed by atoms with Gasteiger partial charge in [0.05, 0.1) is 17.0 Å². The van der Waals surface area contributed by atoms with E-state index in [1.807, 2.05) is 0 Å². The highest BCUT2D eigenvalue weighted by Gasteiger charge is 2.40. The molecule has 100 valence electrons. The quantitative estimate of drug-likeness (QED) is 0.890. The van der Waals surface area contributed by atoms with Crippen molar-refractivity contribution >= 4 is 33.0 Å². The molecule has 0 radical (unpaired) electrons. The molecule has 1 saturated heterocycles. The first kappa shape index (κ1) is 12.9. The second-order valence-electron chi connectivity index (χ2n) is 5.05. The van der Waals surface area contributed by atoms with Crippen LogP contribution in [-0.2, 0) is 9.47 Å². The van der Waals surface area contributed by atoms with Gasteiger partial charge in [-0.2, -0.15) is 0 Å². The van der Waals surface area contributed by atoms with Crippen LogP contribution in [0.25, 0.3) is 0 Å². The molecule has 3 nitrogen and oxygen atoms in total. The van der Waals surface area contributed by atoms with Gasteiger partial charge in [0.25, 0.3) is 0 Å². The molecule has 0 bridgehead atoms. The zero-order valence-electron chi connectivity index (χ0n) is 10.5. The maximum absolute atomic E-state index is 5.75. The zero-order chi connectivity index (χ0) is 12.6. The Hall–Kier alpha value is -0.100.